The number of H-pyrrole nitrogens is 1. The van der Waals surface area contributed by atoms with Gasteiger partial charge in [-0.05, 0) is 36.8 Å². The summed E-state index contributed by atoms with van der Waals surface area (Å²) in [6.45, 7) is 1.87. The summed E-state index contributed by atoms with van der Waals surface area (Å²) in [6, 6.07) is 13.3. The van der Waals surface area contributed by atoms with E-state index in [0.717, 1.165) is 17.1 Å². The van der Waals surface area contributed by atoms with Crippen molar-refractivity contribution in [3.8, 4) is 11.3 Å². The van der Waals surface area contributed by atoms with Crippen LogP contribution in [0.1, 0.15) is 5.82 Å². The molecule has 2 aromatic carbocycles. The minimum absolute atomic E-state index is 0.0509. The molecular weight excluding hydrogens is 334 g/mol. The molecule has 1 heterocycles. The van der Waals surface area contributed by atoms with Crippen LogP contribution in [0, 0.1) is 6.92 Å². The number of aryl methyl sites for hydroxylation is 1. The Kier molecular flexibility index (Phi) is 4.11. The number of nitrogens with one attached hydrogen (secondary N) is 2. The van der Waals surface area contributed by atoms with E-state index in [0.29, 0.717) is 5.69 Å². The van der Waals surface area contributed by atoms with E-state index in [1.807, 2.05) is 19.1 Å². The number of aromatic nitrogens is 2. The molecular formula is C16H14ClN3O2S. The second kappa shape index (κ2) is 6.06. The van der Waals surface area contributed by atoms with E-state index in [-0.39, 0.29) is 9.92 Å². The Hall–Kier alpha value is -2.31. The number of anilines is 1. The van der Waals surface area contributed by atoms with Crippen LogP contribution in [-0.2, 0) is 10.0 Å². The monoisotopic (exact) mass is 347 g/mol. The third-order valence-electron chi connectivity index (χ3n) is 3.28. The minimum Gasteiger partial charge on any atom is -0.342 e. The van der Waals surface area contributed by atoms with E-state index in [1.165, 1.54) is 6.07 Å². The maximum absolute atomic E-state index is 12.4. The first-order chi connectivity index (χ1) is 11.0. The van der Waals surface area contributed by atoms with Crippen molar-refractivity contribution in [1.82, 2.24) is 9.97 Å². The quantitative estimate of drug-likeness (QED) is 0.753. The Morgan fingerprint density at radius 1 is 1.09 bits per heavy atom. The fourth-order valence-corrected chi connectivity index (χ4v) is 3.74. The standard InChI is InChI=1S/C16H14ClN3O2S/c1-11-18-10-15(19-11)12-6-8-13(9-7-12)20-23(21,22)16-5-3-2-4-14(16)17/h2-10,20H,1H3,(H,18,19). The highest BCUT2D eigenvalue weighted by atomic mass is 35.5. The first-order valence-corrected chi connectivity index (χ1v) is 8.71. The van der Waals surface area contributed by atoms with Crippen LogP contribution >= 0.6 is 11.6 Å². The van der Waals surface area contributed by atoms with E-state index in [2.05, 4.69) is 14.7 Å². The van der Waals surface area contributed by atoms with Gasteiger partial charge in [0.1, 0.15) is 10.7 Å². The van der Waals surface area contributed by atoms with E-state index < -0.39 is 10.0 Å². The number of rotatable bonds is 4. The minimum atomic E-state index is -3.72. The Balaban J connectivity index is 1.85. The molecule has 0 saturated carbocycles. The van der Waals surface area contributed by atoms with Crippen molar-refractivity contribution < 1.29 is 8.42 Å². The molecule has 1 aromatic heterocycles. The van der Waals surface area contributed by atoms with Gasteiger partial charge in [0.05, 0.1) is 16.9 Å². The molecule has 0 aliphatic heterocycles. The lowest BCUT2D eigenvalue weighted by Crippen LogP contribution is -2.13. The van der Waals surface area contributed by atoms with Crippen molar-refractivity contribution in [2.24, 2.45) is 0 Å². The molecule has 0 spiro atoms. The van der Waals surface area contributed by atoms with Gasteiger partial charge in [-0.25, -0.2) is 13.4 Å². The lowest BCUT2D eigenvalue weighted by atomic mass is 10.1. The van der Waals surface area contributed by atoms with Gasteiger partial charge < -0.3 is 4.98 Å². The zero-order valence-corrected chi connectivity index (χ0v) is 13.8. The molecule has 0 aliphatic carbocycles. The Bertz CT molecular complexity index is 934. The van der Waals surface area contributed by atoms with Crippen molar-refractivity contribution >= 4 is 27.3 Å². The van der Waals surface area contributed by atoms with Crippen LogP contribution in [0.25, 0.3) is 11.3 Å². The van der Waals surface area contributed by atoms with Gasteiger partial charge in [0, 0.05) is 5.69 Å². The van der Waals surface area contributed by atoms with Crippen LogP contribution in [-0.4, -0.2) is 18.4 Å². The van der Waals surface area contributed by atoms with Gasteiger partial charge in [0.2, 0.25) is 0 Å². The predicted octanol–water partition coefficient (Wildman–Crippen LogP) is 3.84. The van der Waals surface area contributed by atoms with Crippen LogP contribution in [0.3, 0.4) is 0 Å². The van der Waals surface area contributed by atoms with Crippen molar-refractivity contribution in [3.63, 3.8) is 0 Å². The molecule has 3 rings (SSSR count). The van der Waals surface area contributed by atoms with Crippen LogP contribution in [0.5, 0.6) is 0 Å². The van der Waals surface area contributed by atoms with Crippen molar-refractivity contribution in [2.75, 3.05) is 4.72 Å². The summed E-state index contributed by atoms with van der Waals surface area (Å²) in [7, 11) is -3.72. The van der Waals surface area contributed by atoms with E-state index in [1.54, 1.807) is 36.5 Å². The van der Waals surface area contributed by atoms with E-state index >= 15 is 0 Å². The molecule has 0 radical (unpaired) electrons. The second-order valence-corrected chi connectivity index (χ2v) is 7.05. The molecule has 0 bridgehead atoms. The Morgan fingerprint density at radius 3 is 2.39 bits per heavy atom. The summed E-state index contributed by atoms with van der Waals surface area (Å²) in [5, 5.41) is 0.185. The highest BCUT2D eigenvalue weighted by molar-refractivity contribution is 7.92. The Labute approximate surface area is 139 Å². The average molecular weight is 348 g/mol. The van der Waals surface area contributed by atoms with Gasteiger partial charge in [-0.3, -0.25) is 4.72 Å². The van der Waals surface area contributed by atoms with Gasteiger partial charge in [-0.15, -0.1) is 0 Å². The summed E-state index contributed by atoms with van der Waals surface area (Å²) >= 11 is 5.95. The van der Waals surface area contributed by atoms with Crippen molar-refractivity contribution in [3.05, 3.63) is 65.6 Å². The van der Waals surface area contributed by atoms with E-state index in [9.17, 15) is 8.42 Å². The molecule has 23 heavy (non-hydrogen) atoms. The number of halogens is 1. The molecule has 0 amide bonds. The summed E-state index contributed by atoms with van der Waals surface area (Å²) in [6.07, 6.45) is 1.73. The number of sulfonamides is 1. The van der Waals surface area contributed by atoms with Crippen LogP contribution < -0.4 is 4.72 Å². The number of benzene rings is 2. The van der Waals surface area contributed by atoms with Gasteiger partial charge in [0.15, 0.2) is 0 Å². The number of imidazole rings is 1. The SMILES string of the molecule is Cc1ncc(-c2ccc(NS(=O)(=O)c3ccccc3Cl)cc2)[nH]1. The van der Waals surface area contributed by atoms with Crippen LogP contribution in [0.4, 0.5) is 5.69 Å². The maximum atomic E-state index is 12.4. The fraction of sp³-hybridized carbons (Fsp3) is 0.0625. The molecule has 0 aliphatic rings. The second-order valence-electron chi connectivity index (χ2n) is 5.00. The maximum Gasteiger partial charge on any atom is 0.263 e. The lowest BCUT2D eigenvalue weighted by molar-refractivity contribution is 0.601. The zero-order chi connectivity index (χ0) is 16.4. The number of hydrogen-bond donors (Lipinski definition) is 2. The van der Waals surface area contributed by atoms with Crippen molar-refractivity contribution in [1.29, 1.82) is 0 Å². The highest BCUT2D eigenvalue weighted by Crippen LogP contribution is 2.25. The molecule has 118 valence electrons. The fourth-order valence-electron chi connectivity index (χ4n) is 2.16. The van der Waals surface area contributed by atoms with Crippen molar-refractivity contribution in [2.45, 2.75) is 11.8 Å². The Morgan fingerprint density at radius 2 is 1.78 bits per heavy atom. The van der Waals surface area contributed by atoms with Gasteiger partial charge in [-0.1, -0.05) is 35.9 Å². The van der Waals surface area contributed by atoms with Crippen LogP contribution in [0.15, 0.2) is 59.6 Å². The summed E-state index contributed by atoms with van der Waals surface area (Å²) < 4.78 is 27.3. The number of aromatic amines is 1. The van der Waals surface area contributed by atoms with E-state index in [4.69, 9.17) is 11.6 Å². The first kappa shape index (κ1) is 15.6. The zero-order valence-electron chi connectivity index (χ0n) is 12.2. The third kappa shape index (κ3) is 3.38. The predicted molar refractivity (Wildman–Crippen MR) is 91.0 cm³/mol. The van der Waals surface area contributed by atoms with Crippen LogP contribution in [0.2, 0.25) is 5.02 Å². The molecule has 7 heteroatoms. The summed E-state index contributed by atoms with van der Waals surface area (Å²) in [5.74, 6) is 0.823. The lowest BCUT2D eigenvalue weighted by Gasteiger charge is -2.09. The topological polar surface area (TPSA) is 74.8 Å². The third-order valence-corrected chi connectivity index (χ3v) is 5.16. The largest absolute Gasteiger partial charge is 0.342 e. The average Bonchev–Trinajstić information content (AvgIpc) is 2.94. The highest BCUT2D eigenvalue weighted by Gasteiger charge is 2.17. The molecule has 0 fully saturated rings. The summed E-state index contributed by atoms with van der Waals surface area (Å²) in [5.41, 5.74) is 2.26. The smallest absolute Gasteiger partial charge is 0.263 e. The summed E-state index contributed by atoms with van der Waals surface area (Å²) in [4.78, 5) is 7.32. The molecule has 0 unspecified atom stereocenters. The molecule has 5 nitrogen and oxygen atoms in total. The first-order valence-electron chi connectivity index (χ1n) is 6.85. The van der Waals surface area contributed by atoms with Gasteiger partial charge in [0.25, 0.3) is 10.0 Å². The normalized spacial score (nSPS) is 11.4. The number of hydrogen-bond acceptors (Lipinski definition) is 3. The molecule has 0 atom stereocenters. The van der Waals surface area contributed by atoms with Gasteiger partial charge in [-0.2, -0.15) is 0 Å². The molecule has 2 N–H and O–H groups in total. The number of nitrogens with zero attached hydrogens (tertiary/aromatic N) is 1. The molecule has 0 saturated heterocycles. The molecule has 3 aromatic rings. The van der Waals surface area contributed by atoms with Gasteiger partial charge >= 0.3 is 0 Å².